The number of rotatable bonds is 5. The molecule has 1 aliphatic heterocycles. The summed E-state index contributed by atoms with van der Waals surface area (Å²) < 4.78 is 39.7. The Labute approximate surface area is 209 Å². The Morgan fingerprint density at radius 2 is 1.69 bits per heavy atom. The lowest BCUT2D eigenvalue weighted by molar-refractivity contribution is -0.122. The molecule has 1 N–H and O–H groups in total. The molecule has 0 aromatic heterocycles. The molecule has 36 heavy (non-hydrogen) atoms. The Bertz CT molecular complexity index is 1590. The van der Waals surface area contributed by atoms with Crippen LogP contribution in [0.15, 0.2) is 83.8 Å². The number of ether oxygens (including phenoxy) is 2. The van der Waals surface area contributed by atoms with Crippen LogP contribution >= 0.6 is 0 Å². The number of benzene rings is 4. The molecular formula is C28H24N2O5S. The number of carbonyl (C=O) groups excluding carboxylic acids is 1. The van der Waals surface area contributed by atoms with E-state index in [-0.39, 0.29) is 11.4 Å². The number of methoxy groups -OCH3 is 1. The van der Waals surface area contributed by atoms with Crippen LogP contribution in [0.5, 0.6) is 11.5 Å². The van der Waals surface area contributed by atoms with E-state index in [1.54, 1.807) is 36.4 Å². The highest BCUT2D eigenvalue weighted by Gasteiger charge is 2.37. The Balaban J connectivity index is 1.33. The molecule has 1 amide bonds. The molecule has 182 valence electrons. The van der Waals surface area contributed by atoms with E-state index in [0.717, 1.165) is 18.2 Å². The van der Waals surface area contributed by atoms with Crippen molar-refractivity contribution in [1.29, 1.82) is 0 Å². The molecule has 0 saturated heterocycles. The van der Waals surface area contributed by atoms with Gasteiger partial charge in [0.2, 0.25) is 0 Å². The van der Waals surface area contributed by atoms with Crippen LogP contribution in [0.1, 0.15) is 11.1 Å². The topological polar surface area (TPSA) is 84.9 Å². The summed E-state index contributed by atoms with van der Waals surface area (Å²) in [5, 5.41) is 5.16. The molecule has 1 aliphatic carbocycles. The maximum atomic E-state index is 13.6. The number of hydrogen-bond donors (Lipinski definition) is 1. The largest absolute Gasteiger partial charge is 0.497 e. The van der Waals surface area contributed by atoms with Gasteiger partial charge in [-0.05, 0) is 71.8 Å². The second-order valence-electron chi connectivity index (χ2n) is 8.89. The van der Waals surface area contributed by atoms with Gasteiger partial charge in [-0.25, -0.2) is 8.42 Å². The normalized spacial score (nSPS) is 16.4. The predicted octanol–water partition coefficient (Wildman–Crippen LogP) is 4.54. The van der Waals surface area contributed by atoms with E-state index in [1.807, 2.05) is 24.3 Å². The van der Waals surface area contributed by atoms with Crippen molar-refractivity contribution in [2.24, 2.45) is 0 Å². The number of nitrogens with one attached hydrogen (secondary N) is 1. The molecule has 2 aliphatic rings. The van der Waals surface area contributed by atoms with Crippen molar-refractivity contribution in [2.75, 3.05) is 23.3 Å². The monoisotopic (exact) mass is 500 g/mol. The van der Waals surface area contributed by atoms with Crippen molar-refractivity contribution in [3.05, 3.63) is 90.0 Å². The minimum absolute atomic E-state index is 0.103. The van der Waals surface area contributed by atoms with E-state index >= 15 is 0 Å². The van der Waals surface area contributed by atoms with Crippen LogP contribution in [0.3, 0.4) is 0 Å². The molecule has 4 aromatic carbocycles. The first-order valence-electron chi connectivity index (χ1n) is 11.7. The van der Waals surface area contributed by atoms with E-state index in [2.05, 4.69) is 11.4 Å². The summed E-state index contributed by atoms with van der Waals surface area (Å²) in [5.41, 5.74) is 3.63. The zero-order valence-corrected chi connectivity index (χ0v) is 20.4. The van der Waals surface area contributed by atoms with Crippen molar-refractivity contribution >= 4 is 38.1 Å². The van der Waals surface area contributed by atoms with Crippen LogP contribution in [0, 0.1) is 0 Å². The van der Waals surface area contributed by atoms with Crippen LogP contribution < -0.4 is 19.1 Å². The van der Waals surface area contributed by atoms with Crippen molar-refractivity contribution in [1.82, 2.24) is 0 Å². The number of hydrogen-bond acceptors (Lipinski definition) is 5. The number of amides is 1. The molecule has 8 heteroatoms. The van der Waals surface area contributed by atoms with Crippen LogP contribution in [0.25, 0.3) is 10.8 Å². The van der Waals surface area contributed by atoms with Crippen LogP contribution in [0.4, 0.5) is 11.4 Å². The third-order valence-electron chi connectivity index (χ3n) is 6.81. The van der Waals surface area contributed by atoms with Gasteiger partial charge in [-0.3, -0.25) is 9.10 Å². The van der Waals surface area contributed by atoms with Crippen molar-refractivity contribution in [3.8, 4) is 11.5 Å². The number of carbonyl (C=O) groups is 1. The summed E-state index contributed by atoms with van der Waals surface area (Å²) in [5.74, 6) is 0.485. The van der Waals surface area contributed by atoms with Gasteiger partial charge in [0.25, 0.3) is 15.9 Å². The molecular weight excluding hydrogens is 476 g/mol. The fourth-order valence-corrected chi connectivity index (χ4v) is 6.49. The second-order valence-corrected chi connectivity index (χ2v) is 10.7. The average Bonchev–Trinajstić information content (AvgIpc) is 3.34. The SMILES string of the molecule is COc1ccc(S(=O)(=O)N2C[C@H](C(=O)Nc3ccc4c5c(cccc35)CC4)Oc3ccccc32)cc1. The molecule has 0 spiro atoms. The Morgan fingerprint density at radius 3 is 2.47 bits per heavy atom. The number of para-hydroxylation sites is 2. The van der Waals surface area contributed by atoms with Gasteiger partial charge in [0.15, 0.2) is 6.10 Å². The zero-order chi connectivity index (χ0) is 24.9. The van der Waals surface area contributed by atoms with Crippen molar-refractivity contribution < 1.29 is 22.7 Å². The number of sulfonamides is 1. The zero-order valence-electron chi connectivity index (χ0n) is 19.6. The van der Waals surface area contributed by atoms with Gasteiger partial charge in [-0.15, -0.1) is 0 Å². The molecule has 1 heterocycles. The Hall–Kier alpha value is -4.04. The Kier molecular flexibility index (Phi) is 5.34. The fraction of sp³-hybridized carbons (Fsp3) is 0.179. The molecule has 0 bridgehead atoms. The second kappa shape index (κ2) is 8.57. The molecule has 0 unspecified atom stereocenters. The molecule has 6 rings (SSSR count). The average molecular weight is 501 g/mol. The highest BCUT2D eigenvalue weighted by molar-refractivity contribution is 7.92. The number of anilines is 2. The van der Waals surface area contributed by atoms with Gasteiger partial charge in [0.1, 0.15) is 11.5 Å². The van der Waals surface area contributed by atoms with Gasteiger partial charge < -0.3 is 14.8 Å². The van der Waals surface area contributed by atoms with E-state index in [0.29, 0.717) is 22.9 Å². The van der Waals surface area contributed by atoms with Crippen molar-refractivity contribution in [3.63, 3.8) is 0 Å². The van der Waals surface area contributed by atoms with E-state index < -0.39 is 22.0 Å². The third kappa shape index (κ3) is 3.65. The molecule has 0 saturated carbocycles. The number of aryl methyl sites for hydroxylation is 2. The van der Waals surface area contributed by atoms with Crippen molar-refractivity contribution in [2.45, 2.75) is 23.8 Å². The standard InChI is InChI=1S/C28H24N2O5S/c1-34-20-12-14-21(15-13-20)36(32,33)30-17-26(35-25-8-3-2-7-24(25)30)28(31)29-23-16-11-19-10-9-18-5-4-6-22(23)27(18)19/h2-8,11-16,26H,9-10,17H2,1H3,(H,29,31)/t26-/m1/s1. The first kappa shape index (κ1) is 22.4. The summed E-state index contributed by atoms with van der Waals surface area (Å²) in [7, 11) is -2.44. The summed E-state index contributed by atoms with van der Waals surface area (Å²) in [6.07, 6.45) is 0.950. The lowest BCUT2D eigenvalue weighted by Crippen LogP contribution is -2.48. The summed E-state index contributed by atoms with van der Waals surface area (Å²) >= 11 is 0. The van der Waals surface area contributed by atoms with E-state index in [9.17, 15) is 13.2 Å². The van der Waals surface area contributed by atoms with Crippen LogP contribution in [-0.4, -0.2) is 34.1 Å². The highest BCUT2D eigenvalue weighted by Crippen LogP contribution is 2.38. The predicted molar refractivity (Wildman–Crippen MR) is 138 cm³/mol. The molecule has 7 nitrogen and oxygen atoms in total. The lowest BCUT2D eigenvalue weighted by atomic mass is 10.0. The fourth-order valence-electron chi connectivity index (χ4n) is 5.01. The highest BCUT2D eigenvalue weighted by atomic mass is 32.2. The van der Waals surface area contributed by atoms with Crippen LogP contribution in [-0.2, 0) is 27.7 Å². The van der Waals surface area contributed by atoms with E-state index in [1.165, 1.54) is 40.1 Å². The maximum Gasteiger partial charge on any atom is 0.267 e. The minimum Gasteiger partial charge on any atom is -0.497 e. The van der Waals surface area contributed by atoms with Gasteiger partial charge in [-0.1, -0.05) is 36.4 Å². The summed E-state index contributed by atoms with van der Waals surface area (Å²) in [6, 6.07) is 23.1. The number of nitrogens with zero attached hydrogens (tertiary/aromatic N) is 1. The Morgan fingerprint density at radius 1 is 0.944 bits per heavy atom. The summed E-state index contributed by atoms with van der Waals surface area (Å²) in [6.45, 7) is -0.154. The van der Waals surface area contributed by atoms with Crippen LogP contribution in [0.2, 0.25) is 0 Å². The molecule has 4 aromatic rings. The lowest BCUT2D eigenvalue weighted by Gasteiger charge is -2.34. The van der Waals surface area contributed by atoms with E-state index in [4.69, 9.17) is 9.47 Å². The maximum absolute atomic E-state index is 13.6. The minimum atomic E-state index is -3.96. The smallest absolute Gasteiger partial charge is 0.267 e. The first-order valence-corrected chi connectivity index (χ1v) is 13.2. The molecule has 1 atom stereocenters. The molecule has 0 fully saturated rings. The van der Waals surface area contributed by atoms with Gasteiger partial charge in [0, 0.05) is 11.1 Å². The number of fused-ring (bicyclic) bond motifs is 1. The quantitative estimate of drug-likeness (QED) is 0.435. The molecule has 0 radical (unpaired) electrons. The first-order chi connectivity index (χ1) is 17.5. The summed E-state index contributed by atoms with van der Waals surface area (Å²) in [4.78, 5) is 13.5. The van der Waals surface area contributed by atoms with Gasteiger partial charge in [0.05, 0.1) is 24.2 Å². The van der Waals surface area contributed by atoms with Gasteiger partial charge >= 0.3 is 0 Å². The third-order valence-corrected chi connectivity index (χ3v) is 8.60. The van der Waals surface area contributed by atoms with Gasteiger partial charge in [-0.2, -0.15) is 0 Å².